The van der Waals surface area contributed by atoms with Crippen LogP contribution in [0.25, 0.3) is 0 Å². The van der Waals surface area contributed by atoms with Crippen molar-refractivity contribution in [1.29, 1.82) is 0 Å². The van der Waals surface area contributed by atoms with Crippen LogP contribution in [-0.2, 0) is 14.8 Å². The van der Waals surface area contributed by atoms with E-state index in [0.29, 0.717) is 12.1 Å². The lowest BCUT2D eigenvalue weighted by atomic mass is 10.2. The minimum absolute atomic E-state index is 0.141. The van der Waals surface area contributed by atoms with Crippen molar-refractivity contribution in [2.24, 2.45) is 5.73 Å². The van der Waals surface area contributed by atoms with E-state index in [-0.39, 0.29) is 10.8 Å². The number of rotatable bonds is 5. The maximum Gasteiger partial charge on any atom is 0.241 e. The summed E-state index contributed by atoms with van der Waals surface area (Å²) in [6.45, 7) is 1.81. The topological polar surface area (TPSA) is 101 Å². The highest BCUT2D eigenvalue weighted by Crippen LogP contribution is 2.13. The van der Waals surface area contributed by atoms with Crippen LogP contribution in [0.5, 0.6) is 0 Å². The Kier molecular flexibility index (Phi) is 4.83. The number of benzene rings is 1. The second-order valence-corrected chi connectivity index (χ2v) is 5.62. The van der Waals surface area contributed by atoms with E-state index in [1.165, 1.54) is 31.3 Å². The Morgan fingerprint density at radius 2 is 1.89 bits per heavy atom. The van der Waals surface area contributed by atoms with Crippen LogP contribution in [-0.4, -0.2) is 27.4 Å². The third-order valence-electron chi connectivity index (χ3n) is 2.48. The highest BCUT2D eigenvalue weighted by molar-refractivity contribution is 7.89. The largest absolute Gasteiger partial charge is 0.325 e. The van der Waals surface area contributed by atoms with Crippen molar-refractivity contribution in [3.05, 3.63) is 24.3 Å². The summed E-state index contributed by atoms with van der Waals surface area (Å²) in [5.41, 5.74) is 6.08. The Balaban J connectivity index is 2.82. The molecule has 1 unspecified atom stereocenters. The summed E-state index contributed by atoms with van der Waals surface area (Å²) in [6, 6.07) is 5.30. The summed E-state index contributed by atoms with van der Waals surface area (Å²) >= 11 is 0. The van der Waals surface area contributed by atoms with E-state index in [9.17, 15) is 13.2 Å². The molecule has 18 heavy (non-hydrogen) atoms. The number of hydrogen-bond donors (Lipinski definition) is 3. The fourth-order valence-electron chi connectivity index (χ4n) is 1.26. The predicted molar refractivity (Wildman–Crippen MR) is 69.6 cm³/mol. The van der Waals surface area contributed by atoms with Gasteiger partial charge in [-0.1, -0.05) is 6.92 Å². The lowest BCUT2D eigenvalue weighted by Crippen LogP contribution is -2.34. The third kappa shape index (κ3) is 3.52. The summed E-state index contributed by atoms with van der Waals surface area (Å²) in [5.74, 6) is -0.290. The molecule has 100 valence electrons. The lowest BCUT2D eigenvalue weighted by Gasteiger charge is -2.10. The molecular formula is C11H17N3O3S. The lowest BCUT2D eigenvalue weighted by molar-refractivity contribution is -0.117. The van der Waals surface area contributed by atoms with E-state index < -0.39 is 16.1 Å². The first-order valence-electron chi connectivity index (χ1n) is 5.50. The summed E-state index contributed by atoms with van der Waals surface area (Å²) in [4.78, 5) is 11.7. The average Bonchev–Trinajstić information content (AvgIpc) is 2.38. The van der Waals surface area contributed by atoms with Crippen molar-refractivity contribution in [3.63, 3.8) is 0 Å². The van der Waals surface area contributed by atoms with E-state index in [1.54, 1.807) is 0 Å². The van der Waals surface area contributed by atoms with Gasteiger partial charge in [0, 0.05) is 5.69 Å². The van der Waals surface area contributed by atoms with Crippen LogP contribution >= 0.6 is 0 Å². The minimum Gasteiger partial charge on any atom is -0.325 e. The minimum atomic E-state index is -3.45. The Morgan fingerprint density at radius 1 is 1.33 bits per heavy atom. The second kappa shape index (κ2) is 5.94. The van der Waals surface area contributed by atoms with Crippen molar-refractivity contribution >= 4 is 21.6 Å². The maximum atomic E-state index is 11.5. The van der Waals surface area contributed by atoms with E-state index in [4.69, 9.17) is 5.73 Å². The number of sulfonamides is 1. The van der Waals surface area contributed by atoms with Crippen LogP contribution < -0.4 is 15.8 Å². The molecular weight excluding hydrogens is 254 g/mol. The van der Waals surface area contributed by atoms with E-state index in [0.717, 1.165) is 0 Å². The molecule has 1 aromatic carbocycles. The van der Waals surface area contributed by atoms with Crippen molar-refractivity contribution in [1.82, 2.24) is 4.72 Å². The first-order chi connectivity index (χ1) is 8.40. The molecule has 6 nitrogen and oxygen atoms in total. The fourth-order valence-corrected chi connectivity index (χ4v) is 1.99. The molecule has 1 rings (SSSR count). The fraction of sp³-hybridized carbons (Fsp3) is 0.364. The molecule has 0 fully saturated rings. The molecule has 1 atom stereocenters. The van der Waals surface area contributed by atoms with Gasteiger partial charge in [-0.15, -0.1) is 0 Å². The van der Waals surface area contributed by atoms with Gasteiger partial charge in [-0.3, -0.25) is 4.79 Å². The van der Waals surface area contributed by atoms with Gasteiger partial charge in [0.25, 0.3) is 0 Å². The molecule has 0 heterocycles. The van der Waals surface area contributed by atoms with Gasteiger partial charge in [0.2, 0.25) is 15.9 Å². The summed E-state index contributed by atoms with van der Waals surface area (Å²) in [7, 11) is -2.11. The molecule has 1 aromatic rings. The molecule has 0 spiro atoms. The van der Waals surface area contributed by atoms with Gasteiger partial charge in [-0.25, -0.2) is 13.1 Å². The van der Waals surface area contributed by atoms with Crippen LogP contribution in [0.2, 0.25) is 0 Å². The predicted octanol–water partition coefficient (Wildman–Crippen LogP) is 0.271. The molecule has 0 radical (unpaired) electrons. The van der Waals surface area contributed by atoms with Crippen LogP contribution in [0, 0.1) is 0 Å². The van der Waals surface area contributed by atoms with Gasteiger partial charge in [-0.05, 0) is 37.7 Å². The number of nitrogens with one attached hydrogen (secondary N) is 2. The Bertz CT molecular complexity index is 511. The average molecular weight is 271 g/mol. The van der Waals surface area contributed by atoms with E-state index in [2.05, 4.69) is 10.0 Å². The van der Waals surface area contributed by atoms with Crippen LogP contribution in [0.1, 0.15) is 13.3 Å². The van der Waals surface area contributed by atoms with E-state index in [1.807, 2.05) is 6.92 Å². The summed E-state index contributed by atoms with van der Waals surface area (Å²) in [6.07, 6.45) is 0.540. The Morgan fingerprint density at radius 3 is 2.33 bits per heavy atom. The van der Waals surface area contributed by atoms with Crippen LogP contribution in [0.15, 0.2) is 29.2 Å². The Labute approximate surface area is 107 Å². The van der Waals surface area contributed by atoms with Gasteiger partial charge in [0.1, 0.15) is 0 Å². The Hall–Kier alpha value is -1.44. The molecule has 0 aliphatic carbocycles. The molecule has 4 N–H and O–H groups in total. The molecule has 0 aliphatic rings. The molecule has 0 bridgehead atoms. The van der Waals surface area contributed by atoms with Gasteiger partial charge in [0.05, 0.1) is 10.9 Å². The number of hydrogen-bond acceptors (Lipinski definition) is 4. The zero-order chi connectivity index (χ0) is 13.8. The number of carbonyl (C=O) groups is 1. The second-order valence-electron chi connectivity index (χ2n) is 3.74. The van der Waals surface area contributed by atoms with Crippen molar-refractivity contribution < 1.29 is 13.2 Å². The van der Waals surface area contributed by atoms with Crippen LogP contribution in [0.3, 0.4) is 0 Å². The zero-order valence-electron chi connectivity index (χ0n) is 10.3. The zero-order valence-corrected chi connectivity index (χ0v) is 11.1. The third-order valence-corrected chi connectivity index (χ3v) is 3.91. The molecule has 0 saturated carbocycles. The number of nitrogens with two attached hydrogens (primary N) is 1. The standard InChI is InChI=1S/C11H17N3O3S/c1-3-10(12)11(15)14-8-4-6-9(7-5-8)18(16,17)13-2/h4-7,10,13H,3,12H2,1-2H3,(H,14,15). The number of carbonyl (C=O) groups excluding carboxylic acids is 1. The smallest absolute Gasteiger partial charge is 0.241 e. The first kappa shape index (κ1) is 14.6. The van der Waals surface area contributed by atoms with E-state index >= 15 is 0 Å². The number of anilines is 1. The van der Waals surface area contributed by atoms with Gasteiger partial charge in [0.15, 0.2) is 0 Å². The molecule has 0 saturated heterocycles. The van der Waals surface area contributed by atoms with Gasteiger partial charge in [-0.2, -0.15) is 0 Å². The van der Waals surface area contributed by atoms with Gasteiger partial charge < -0.3 is 11.1 Å². The van der Waals surface area contributed by atoms with Gasteiger partial charge >= 0.3 is 0 Å². The molecule has 1 amide bonds. The molecule has 0 aliphatic heterocycles. The van der Waals surface area contributed by atoms with Crippen LogP contribution in [0.4, 0.5) is 5.69 Å². The highest BCUT2D eigenvalue weighted by Gasteiger charge is 2.13. The molecule has 0 aromatic heterocycles. The van der Waals surface area contributed by atoms with Crippen molar-refractivity contribution in [2.75, 3.05) is 12.4 Å². The SMILES string of the molecule is CCC(N)C(=O)Nc1ccc(S(=O)(=O)NC)cc1. The number of amides is 1. The van der Waals surface area contributed by atoms with Crippen molar-refractivity contribution in [3.8, 4) is 0 Å². The molecule has 7 heteroatoms. The maximum absolute atomic E-state index is 11.5. The summed E-state index contributed by atoms with van der Waals surface area (Å²) < 4.78 is 25.2. The first-order valence-corrected chi connectivity index (χ1v) is 6.99. The quantitative estimate of drug-likeness (QED) is 0.715. The summed E-state index contributed by atoms with van der Waals surface area (Å²) in [5, 5.41) is 2.61. The normalized spacial score (nSPS) is 13.1. The monoisotopic (exact) mass is 271 g/mol. The van der Waals surface area contributed by atoms with Crippen molar-refractivity contribution in [2.45, 2.75) is 24.3 Å². The highest BCUT2D eigenvalue weighted by atomic mass is 32.2.